The van der Waals surface area contributed by atoms with E-state index in [9.17, 15) is 0 Å². The SMILES string of the molecule is COC(O)COC(C)OC. The lowest BCUT2D eigenvalue weighted by molar-refractivity contribution is -0.179. The summed E-state index contributed by atoms with van der Waals surface area (Å²) in [6, 6.07) is 0. The third kappa shape index (κ3) is 4.69. The number of ether oxygens (including phenoxy) is 3. The van der Waals surface area contributed by atoms with Crippen LogP contribution in [0.25, 0.3) is 0 Å². The van der Waals surface area contributed by atoms with E-state index in [1.165, 1.54) is 14.2 Å². The molecule has 0 aromatic carbocycles. The molecule has 10 heavy (non-hydrogen) atoms. The molecule has 0 fully saturated rings. The number of aliphatic hydroxyl groups excluding tert-OH is 1. The molecular formula is C6H14O4. The smallest absolute Gasteiger partial charge is 0.177 e. The van der Waals surface area contributed by atoms with Crippen LogP contribution in [0.1, 0.15) is 6.92 Å². The number of methoxy groups -OCH3 is 2. The van der Waals surface area contributed by atoms with Crippen molar-refractivity contribution in [1.82, 2.24) is 0 Å². The minimum atomic E-state index is -0.863. The molecule has 0 aromatic rings. The monoisotopic (exact) mass is 150 g/mol. The highest BCUT2D eigenvalue weighted by molar-refractivity contribution is 4.35. The van der Waals surface area contributed by atoms with Crippen LogP contribution in [-0.2, 0) is 14.2 Å². The van der Waals surface area contributed by atoms with Crippen molar-refractivity contribution in [3.63, 3.8) is 0 Å². The van der Waals surface area contributed by atoms with Crippen LogP contribution in [0.5, 0.6) is 0 Å². The summed E-state index contributed by atoms with van der Waals surface area (Å²) < 4.78 is 14.2. The molecule has 0 saturated heterocycles. The van der Waals surface area contributed by atoms with Crippen molar-refractivity contribution in [2.45, 2.75) is 19.5 Å². The third-order valence-electron chi connectivity index (χ3n) is 1.08. The Kier molecular flexibility index (Phi) is 5.52. The average molecular weight is 150 g/mol. The first kappa shape index (κ1) is 9.84. The summed E-state index contributed by atoms with van der Waals surface area (Å²) >= 11 is 0. The summed E-state index contributed by atoms with van der Waals surface area (Å²) in [5.74, 6) is 0. The first-order valence-corrected chi connectivity index (χ1v) is 3.06. The molecule has 0 amide bonds. The summed E-state index contributed by atoms with van der Waals surface area (Å²) in [6.45, 7) is 1.87. The van der Waals surface area contributed by atoms with E-state index < -0.39 is 6.29 Å². The quantitative estimate of drug-likeness (QED) is 0.559. The van der Waals surface area contributed by atoms with Crippen molar-refractivity contribution in [2.75, 3.05) is 20.8 Å². The second-order valence-electron chi connectivity index (χ2n) is 1.83. The lowest BCUT2D eigenvalue weighted by atomic mass is 10.6. The Balaban J connectivity index is 3.17. The van der Waals surface area contributed by atoms with E-state index in [1.54, 1.807) is 6.92 Å². The topological polar surface area (TPSA) is 47.9 Å². The van der Waals surface area contributed by atoms with Gasteiger partial charge in [0.05, 0.1) is 0 Å². The van der Waals surface area contributed by atoms with Crippen molar-refractivity contribution >= 4 is 0 Å². The minimum Gasteiger partial charge on any atom is -0.366 e. The molecule has 0 aliphatic heterocycles. The molecule has 0 saturated carbocycles. The second kappa shape index (κ2) is 5.61. The first-order valence-electron chi connectivity index (χ1n) is 3.06. The molecule has 0 spiro atoms. The summed E-state index contributed by atoms with van der Waals surface area (Å²) in [5, 5.41) is 8.80. The maximum Gasteiger partial charge on any atom is 0.177 e. The van der Waals surface area contributed by atoms with Gasteiger partial charge in [-0.2, -0.15) is 0 Å². The van der Waals surface area contributed by atoms with Gasteiger partial charge >= 0.3 is 0 Å². The zero-order valence-corrected chi connectivity index (χ0v) is 6.53. The van der Waals surface area contributed by atoms with E-state index in [4.69, 9.17) is 14.6 Å². The third-order valence-corrected chi connectivity index (χ3v) is 1.08. The van der Waals surface area contributed by atoms with Gasteiger partial charge in [-0.3, -0.25) is 0 Å². The molecule has 1 N–H and O–H groups in total. The molecular weight excluding hydrogens is 136 g/mol. The van der Waals surface area contributed by atoms with Gasteiger partial charge in [-0.1, -0.05) is 0 Å². The van der Waals surface area contributed by atoms with Crippen LogP contribution in [0.4, 0.5) is 0 Å². The van der Waals surface area contributed by atoms with E-state index in [1.807, 2.05) is 0 Å². The summed E-state index contributed by atoms with van der Waals surface area (Å²) in [4.78, 5) is 0. The number of aliphatic hydroxyl groups is 1. The van der Waals surface area contributed by atoms with Gasteiger partial charge in [0, 0.05) is 14.2 Å². The van der Waals surface area contributed by atoms with Crippen LogP contribution in [0.2, 0.25) is 0 Å². The van der Waals surface area contributed by atoms with Gasteiger partial charge in [0.1, 0.15) is 6.61 Å². The van der Waals surface area contributed by atoms with Crippen molar-refractivity contribution in [2.24, 2.45) is 0 Å². The molecule has 2 atom stereocenters. The number of hydrogen-bond acceptors (Lipinski definition) is 4. The van der Waals surface area contributed by atoms with Crippen molar-refractivity contribution in [3.05, 3.63) is 0 Å². The van der Waals surface area contributed by atoms with Gasteiger partial charge < -0.3 is 19.3 Å². The molecule has 2 unspecified atom stereocenters. The molecule has 0 radical (unpaired) electrons. The van der Waals surface area contributed by atoms with Crippen LogP contribution in [0, 0.1) is 0 Å². The summed E-state index contributed by atoms with van der Waals surface area (Å²) in [6.07, 6.45) is -1.16. The minimum absolute atomic E-state index is 0.130. The maximum absolute atomic E-state index is 8.80. The molecule has 4 heteroatoms. The average Bonchev–Trinajstić information content (AvgIpc) is 1.99. The Morgan fingerprint density at radius 1 is 1.30 bits per heavy atom. The van der Waals surface area contributed by atoms with Crippen molar-refractivity contribution < 1.29 is 19.3 Å². The Hall–Kier alpha value is -0.160. The molecule has 62 valence electrons. The Labute approximate surface area is 60.7 Å². The maximum atomic E-state index is 8.80. The first-order chi connectivity index (χ1) is 4.70. The molecule has 0 bridgehead atoms. The fourth-order valence-electron chi connectivity index (χ4n) is 0.354. The molecule has 0 heterocycles. The van der Waals surface area contributed by atoms with Crippen LogP contribution in [-0.4, -0.2) is 38.5 Å². The van der Waals surface area contributed by atoms with E-state index in [0.717, 1.165) is 0 Å². The van der Waals surface area contributed by atoms with Gasteiger partial charge in [-0.05, 0) is 6.92 Å². The van der Waals surface area contributed by atoms with Gasteiger partial charge in [-0.25, -0.2) is 0 Å². The fourth-order valence-corrected chi connectivity index (χ4v) is 0.354. The zero-order valence-electron chi connectivity index (χ0n) is 6.53. The normalized spacial score (nSPS) is 16.8. The van der Waals surface area contributed by atoms with E-state index in [2.05, 4.69) is 4.74 Å². The standard InChI is InChI=1S/C6H14O4/c1-5(8-2)10-4-6(7)9-3/h5-7H,4H2,1-3H3. The van der Waals surface area contributed by atoms with E-state index in [0.29, 0.717) is 0 Å². The molecule has 0 rings (SSSR count). The lowest BCUT2D eigenvalue weighted by Gasteiger charge is -2.13. The lowest BCUT2D eigenvalue weighted by Crippen LogP contribution is -2.22. The molecule has 4 nitrogen and oxygen atoms in total. The predicted octanol–water partition coefficient (Wildman–Crippen LogP) is -0.0398. The van der Waals surface area contributed by atoms with Crippen LogP contribution >= 0.6 is 0 Å². The van der Waals surface area contributed by atoms with E-state index in [-0.39, 0.29) is 12.9 Å². The summed E-state index contributed by atoms with van der Waals surface area (Å²) in [7, 11) is 2.94. The molecule has 0 aromatic heterocycles. The largest absolute Gasteiger partial charge is 0.366 e. The fraction of sp³-hybridized carbons (Fsp3) is 1.00. The van der Waals surface area contributed by atoms with E-state index >= 15 is 0 Å². The van der Waals surface area contributed by atoms with Gasteiger partial charge in [-0.15, -0.1) is 0 Å². The summed E-state index contributed by atoms with van der Waals surface area (Å²) in [5.41, 5.74) is 0. The highest BCUT2D eigenvalue weighted by Crippen LogP contribution is 1.93. The zero-order chi connectivity index (χ0) is 7.98. The second-order valence-corrected chi connectivity index (χ2v) is 1.83. The number of rotatable bonds is 5. The van der Waals surface area contributed by atoms with Crippen molar-refractivity contribution in [1.29, 1.82) is 0 Å². The van der Waals surface area contributed by atoms with Crippen LogP contribution < -0.4 is 0 Å². The highest BCUT2D eigenvalue weighted by atomic mass is 16.7. The Morgan fingerprint density at radius 3 is 2.30 bits per heavy atom. The van der Waals surface area contributed by atoms with Crippen LogP contribution in [0.3, 0.4) is 0 Å². The van der Waals surface area contributed by atoms with Gasteiger partial charge in [0.15, 0.2) is 12.6 Å². The highest BCUT2D eigenvalue weighted by Gasteiger charge is 2.04. The van der Waals surface area contributed by atoms with Gasteiger partial charge in [0.25, 0.3) is 0 Å². The number of hydrogen-bond donors (Lipinski definition) is 1. The molecule has 0 aliphatic carbocycles. The Bertz CT molecular complexity index is 66.1. The molecule has 0 aliphatic rings. The Morgan fingerprint density at radius 2 is 1.90 bits per heavy atom. The van der Waals surface area contributed by atoms with Crippen molar-refractivity contribution in [3.8, 4) is 0 Å². The predicted molar refractivity (Wildman–Crippen MR) is 35.4 cm³/mol. The van der Waals surface area contributed by atoms with Crippen LogP contribution in [0.15, 0.2) is 0 Å². The van der Waals surface area contributed by atoms with Gasteiger partial charge in [0.2, 0.25) is 0 Å².